The molecule has 1 fully saturated rings. The molecule has 2 nitrogen and oxygen atoms in total. The van der Waals surface area contributed by atoms with Gasteiger partial charge in [0, 0.05) is 19.1 Å². The third-order valence-corrected chi connectivity index (χ3v) is 2.22. The molecule has 0 heterocycles. The maximum atomic E-state index is 7.00. The first-order valence-corrected chi connectivity index (χ1v) is 4.48. The number of hydrogen-bond acceptors (Lipinski definition) is 2. The Morgan fingerprint density at radius 3 is 2.50 bits per heavy atom. The van der Waals surface area contributed by atoms with Crippen LogP contribution in [0.15, 0.2) is 0 Å². The van der Waals surface area contributed by atoms with Crippen molar-refractivity contribution in [3.05, 3.63) is 0 Å². The summed E-state index contributed by atoms with van der Waals surface area (Å²) in [6.07, 6.45) is 5.22. The third kappa shape index (κ3) is 4.25. The van der Waals surface area contributed by atoms with E-state index in [1.54, 1.807) is 0 Å². The molecular weight excluding hydrogens is 150 g/mol. The van der Waals surface area contributed by atoms with Gasteiger partial charge in [-0.05, 0) is 18.8 Å². The van der Waals surface area contributed by atoms with Crippen molar-refractivity contribution in [3.63, 3.8) is 0 Å². The molecule has 2 unspecified atom stereocenters. The average molecular weight is 169 g/mol. The topological polar surface area (TPSA) is 46.2 Å². The van der Waals surface area contributed by atoms with Gasteiger partial charge in [0.2, 0.25) is 0 Å². The second-order valence-electron chi connectivity index (χ2n) is 3.26. The van der Waals surface area contributed by atoms with E-state index in [1.807, 2.05) is 0 Å². The first-order chi connectivity index (χ1) is 5.83. The summed E-state index contributed by atoms with van der Waals surface area (Å²) in [4.78, 5) is 0. The summed E-state index contributed by atoms with van der Waals surface area (Å²) in [6, 6.07) is 2.51. The smallest absolute Gasteiger partial charge is 0.0319 e. The quantitative estimate of drug-likeness (QED) is 0.424. The van der Waals surface area contributed by atoms with Crippen LogP contribution in [0.1, 0.15) is 32.6 Å². The zero-order chi connectivity index (χ0) is 9.40. The Kier molecular flexibility index (Phi) is 6.60. The normalized spacial score (nSPS) is 27.6. The Hall–Kier alpha value is -0.680. The molecule has 0 saturated heterocycles. The second-order valence-corrected chi connectivity index (χ2v) is 3.26. The van der Waals surface area contributed by atoms with E-state index in [1.165, 1.54) is 25.7 Å². The molecule has 0 radical (unpaired) electrons. The van der Waals surface area contributed by atoms with Crippen LogP contribution in [0.2, 0.25) is 0 Å². The molecule has 3 N–H and O–H groups in total. The van der Waals surface area contributed by atoms with Gasteiger partial charge in [0.25, 0.3) is 0 Å². The number of nitrogens with two attached hydrogens (primary N) is 1. The number of aliphatic hydroxyl groups is 1. The molecule has 1 aliphatic rings. The summed E-state index contributed by atoms with van der Waals surface area (Å²) < 4.78 is 0. The van der Waals surface area contributed by atoms with Crippen LogP contribution >= 0.6 is 0 Å². The van der Waals surface area contributed by atoms with Crippen molar-refractivity contribution in [1.29, 1.82) is 0 Å². The fourth-order valence-corrected chi connectivity index (χ4v) is 1.68. The lowest BCUT2D eigenvalue weighted by Gasteiger charge is -2.22. The summed E-state index contributed by atoms with van der Waals surface area (Å²) in [7, 11) is 1.00. The summed E-state index contributed by atoms with van der Waals surface area (Å²) in [6.45, 7) is 2.30. The van der Waals surface area contributed by atoms with E-state index in [0.29, 0.717) is 5.92 Å². The summed E-state index contributed by atoms with van der Waals surface area (Å²) >= 11 is 0. The van der Waals surface area contributed by atoms with Crippen LogP contribution in [0, 0.1) is 23.8 Å². The van der Waals surface area contributed by atoms with Gasteiger partial charge in [-0.15, -0.1) is 0 Å². The van der Waals surface area contributed by atoms with Gasteiger partial charge < -0.3 is 10.8 Å². The molecule has 0 amide bonds. The van der Waals surface area contributed by atoms with Crippen molar-refractivity contribution in [2.75, 3.05) is 7.11 Å². The summed E-state index contributed by atoms with van der Waals surface area (Å²) in [5.74, 6) is 4.49. The molecular formula is C10H19NO. The fourth-order valence-electron chi connectivity index (χ4n) is 1.68. The lowest BCUT2D eigenvalue weighted by molar-refractivity contribution is 0.333. The molecule has 1 rings (SSSR count). The number of aliphatic hydroxyl groups excluding tert-OH is 1. The highest BCUT2D eigenvalue weighted by molar-refractivity contribution is 5.01. The van der Waals surface area contributed by atoms with E-state index in [9.17, 15) is 0 Å². The molecule has 1 saturated carbocycles. The Morgan fingerprint density at radius 1 is 1.33 bits per heavy atom. The minimum Gasteiger partial charge on any atom is -0.400 e. The lowest BCUT2D eigenvalue weighted by atomic mass is 9.83. The monoisotopic (exact) mass is 169 g/mol. The first-order valence-electron chi connectivity index (χ1n) is 4.48. The first kappa shape index (κ1) is 11.3. The van der Waals surface area contributed by atoms with Crippen molar-refractivity contribution in [2.24, 2.45) is 17.6 Å². The van der Waals surface area contributed by atoms with Crippen molar-refractivity contribution < 1.29 is 5.11 Å². The number of rotatable bonds is 0. The Bertz CT molecular complexity index is 157. The fraction of sp³-hybridized carbons (Fsp3) is 0.800. The van der Waals surface area contributed by atoms with Crippen molar-refractivity contribution in [1.82, 2.24) is 0 Å². The van der Waals surface area contributed by atoms with Crippen LogP contribution in [0.25, 0.3) is 0 Å². The van der Waals surface area contributed by atoms with Crippen molar-refractivity contribution >= 4 is 0 Å². The van der Waals surface area contributed by atoms with Crippen LogP contribution in [-0.2, 0) is 0 Å². The maximum absolute atomic E-state index is 7.00. The largest absolute Gasteiger partial charge is 0.400 e. The highest BCUT2D eigenvalue weighted by Gasteiger charge is 2.16. The predicted octanol–water partition coefficient (Wildman–Crippen LogP) is 1.34. The highest BCUT2D eigenvalue weighted by atomic mass is 16.2. The molecule has 0 aromatic carbocycles. The molecule has 1 aliphatic carbocycles. The third-order valence-electron chi connectivity index (χ3n) is 2.22. The van der Waals surface area contributed by atoms with E-state index in [-0.39, 0.29) is 0 Å². The van der Waals surface area contributed by atoms with Gasteiger partial charge in [-0.1, -0.05) is 25.7 Å². The standard InChI is InChI=1S/C9H15N.CH4O/c1-8-3-2-4-9(7-8)5-6-10;1-2/h8-9H,2-4,7,10H2,1H3;2H,1H3. The van der Waals surface area contributed by atoms with Crippen molar-refractivity contribution in [3.8, 4) is 12.0 Å². The van der Waals surface area contributed by atoms with E-state index in [2.05, 4.69) is 18.9 Å². The highest BCUT2D eigenvalue weighted by Crippen LogP contribution is 2.27. The number of hydrogen-bond donors (Lipinski definition) is 2. The van der Waals surface area contributed by atoms with Gasteiger partial charge in [0.15, 0.2) is 0 Å². The van der Waals surface area contributed by atoms with Gasteiger partial charge in [-0.2, -0.15) is 0 Å². The molecule has 12 heavy (non-hydrogen) atoms. The SMILES string of the molecule is CC1CCCC(C#CN)C1.CO. The van der Waals surface area contributed by atoms with Gasteiger partial charge in [0.1, 0.15) is 0 Å². The lowest BCUT2D eigenvalue weighted by Crippen LogP contribution is -2.11. The molecule has 0 aromatic heterocycles. The van der Waals surface area contributed by atoms with Crippen LogP contribution in [0.3, 0.4) is 0 Å². The average Bonchev–Trinajstić information content (AvgIpc) is 2.09. The van der Waals surface area contributed by atoms with Crippen LogP contribution < -0.4 is 5.73 Å². The maximum Gasteiger partial charge on any atom is 0.0319 e. The second kappa shape index (κ2) is 7.00. The molecule has 0 bridgehead atoms. The zero-order valence-corrected chi connectivity index (χ0v) is 8.01. The van der Waals surface area contributed by atoms with Gasteiger partial charge in [-0.25, -0.2) is 0 Å². The molecule has 70 valence electrons. The molecule has 0 aromatic rings. The molecule has 2 heteroatoms. The van der Waals surface area contributed by atoms with E-state index >= 15 is 0 Å². The zero-order valence-electron chi connectivity index (χ0n) is 8.01. The van der Waals surface area contributed by atoms with Gasteiger partial charge >= 0.3 is 0 Å². The van der Waals surface area contributed by atoms with E-state index < -0.39 is 0 Å². The van der Waals surface area contributed by atoms with Crippen LogP contribution in [0.5, 0.6) is 0 Å². The van der Waals surface area contributed by atoms with Gasteiger partial charge in [0.05, 0.1) is 0 Å². The van der Waals surface area contributed by atoms with Gasteiger partial charge in [-0.3, -0.25) is 0 Å². The van der Waals surface area contributed by atoms with Crippen LogP contribution in [0.4, 0.5) is 0 Å². The van der Waals surface area contributed by atoms with E-state index in [4.69, 9.17) is 10.8 Å². The molecule has 0 spiro atoms. The molecule has 2 atom stereocenters. The van der Waals surface area contributed by atoms with Crippen molar-refractivity contribution in [2.45, 2.75) is 32.6 Å². The Morgan fingerprint density at radius 2 is 2.00 bits per heavy atom. The Balaban J connectivity index is 0.000000561. The van der Waals surface area contributed by atoms with Crippen LogP contribution in [-0.4, -0.2) is 12.2 Å². The van der Waals surface area contributed by atoms with E-state index in [0.717, 1.165) is 13.0 Å². The minimum absolute atomic E-state index is 0.591. The molecule has 0 aliphatic heterocycles. The summed E-state index contributed by atoms with van der Waals surface area (Å²) in [5, 5.41) is 7.00. The Labute approximate surface area is 75.2 Å². The predicted molar refractivity (Wildman–Crippen MR) is 51.2 cm³/mol. The summed E-state index contributed by atoms with van der Waals surface area (Å²) in [5.41, 5.74) is 5.14. The minimum atomic E-state index is 0.591.